The Morgan fingerprint density at radius 3 is 2.89 bits per heavy atom. The maximum absolute atomic E-state index is 13.9. The molecule has 1 aliphatic rings. The van der Waals surface area contributed by atoms with Crippen LogP contribution >= 0.6 is 0 Å². The number of halogens is 1. The number of benzene rings is 1. The van der Waals surface area contributed by atoms with Crippen molar-refractivity contribution in [2.45, 2.75) is 38.3 Å². The van der Waals surface area contributed by atoms with Crippen molar-refractivity contribution in [1.82, 2.24) is 0 Å². The number of nitrogens with two attached hydrogens (primary N) is 1. The molecule has 1 amide bonds. The predicted octanol–water partition coefficient (Wildman–Crippen LogP) is 1.72. The van der Waals surface area contributed by atoms with Crippen LogP contribution in [0.15, 0.2) is 18.2 Å². The number of aliphatic hydroxyl groups excluding tert-OH is 1. The van der Waals surface area contributed by atoms with Crippen LogP contribution in [0.1, 0.15) is 37.9 Å². The summed E-state index contributed by atoms with van der Waals surface area (Å²) >= 11 is 0. The molecule has 5 heteroatoms. The van der Waals surface area contributed by atoms with Crippen LogP contribution in [0.3, 0.4) is 0 Å². The molecule has 0 spiro atoms. The van der Waals surface area contributed by atoms with E-state index in [0.29, 0.717) is 18.7 Å². The van der Waals surface area contributed by atoms with Gasteiger partial charge in [0.2, 0.25) is 5.91 Å². The van der Waals surface area contributed by atoms with Crippen LogP contribution in [0, 0.1) is 5.82 Å². The minimum Gasteiger partial charge on any atom is -0.389 e. The highest BCUT2D eigenvalue weighted by Crippen LogP contribution is 2.33. The van der Waals surface area contributed by atoms with Crippen LogP contribution in [0.2, 0.25) is 0 Å². The summed E-state index contributed by atoms with van der Waals surface area (Å²) in [4.78, 5) is 13.3. The third-order valence-corrected chi connectivity index (χ3v) is 3.59. The smallest absolute Gasteiger partial charge is 0.240 e. The standard InChI is InChI=1S/C14H19FN2O2/c1-9(18)13-10(15)5-4-7-11(13)17-8-3-2-6-12(17)14(16)19/h4-5,7,9,12,18H,2-3,6,8H2,1H3,(H2,16,19)/t9-,12?/m1/s1. The van der Waals surface area contributed by atoms with Gasteiger partial charge in [-0.25, -0.2) is 4.39 Å². The molecule has 1 fully saturated rings. The summed E-state index contributed by atoms with van der Waals surface area (Å²) in [7, 11) is 0. The Labute approximate surface area is 112 Å². The van der Waals surface area contributed by atoms with E-state index in [4.69, 9.17) is 5.73 Å². The average molecular weight is 266 g/mol. The lowest BCUT2D eigenvalue weighted by molar-refractivity contribution is -0.119. The Morgan fingerprint density at radius 2 is 2.26 bits per heavy atom. The molecule has 1 heterocycles. The highest BCUT2D eigenvalue weighted by molar-refractivity contribution is 5.84. The fourth-order valence-corrected chi connectivity index (χ4v) is 2.71. The van der Waals surface area contributed by atoms with Gasteiger partial charge in [-0.2, -0.15) is 0 Å². The summed E-state index contributed by atoms with van der Waals surface area (Å²) in [5.74, 6) is -0.859. The van der Waals surface area contributed by atoms with Gasteiger partial charge >= 0.3 is 0 Å². The molecule has 0 bridgehead atoms. The number of hydrogen-bond acceptors (Lipinski definition) is 3. The zero-order valence-electron chi connectivity index (χ0n) is 11.0. The maximum Gasteiger partial charge on any atom is 0.240 e. The van der Waals surface area contributed by atoms with Gasteiger partial charge in [-0.1, -0.05) is 6.07 Å². The van der Waals surface area contributed by atoms with E-state index < -0.39 is 23.9 Å². The van der Waals surface area contributed by atoms with Crippen molar-refractivity contribution in [3.05, 3.63) is 29.6 Å². The first kappa shape index (κ1) is 13.8. The van der Waals surface area contributed by atoms with Gasteiger partial charge in [0.1, 0.15) is 11.9 Å². The van der Waals surface area contributed by atoms with Crippen molar-refractivity contribution in [3.8, 4) is 0 Å². The number of rotatable bonds is 3. The molecular formula is C14H19FN2O2. The number of anilines is 1. The lowest BCUT2D eigenvalue weighted by Crippen LogP contribution is -2.48. The quantitative estimate of drug-likeness (QED) is 0.875. The average Bonchev–Trinajstić information content (AvgIpc) is 2.37. The molecule has 2 rings (SSSR count). The lowest BCUT2D eigenvalue weighted by Gasteiger charge is -2.37. The number of piperidine rings is 1. The number of hydrogen-bond donors (Lipinski definition) is 2. The Hall–Kier alpha value is -1.62. The number of nitrogens with zero attached hydrogens (tertiary/aromatic N) is 1. The second-order valence-electron chi connectivity index (χ2n) is 4.96. The Morgan fingerprint density at radius 1 is 1.53 bits per heavy atom. The van der Waals surface area contributed by atoms with Crippen molar-refractivity contribution >= 4 is 11.6 Å². The van der Waals surface area contributed by atoms with Crippen molar-refractivity contribution in [2.24, 2.45) is 5.73 Å². The zero-order chi connectivity index (χ0) is 14.0. The normalized spacial score (nSPS) is 21.2. The lowest BCUT2D eigenvalue weighted by atomic mass is 9.98. The van der Waals surface area contributed by atoms with E-state index in [1.54, 1.807) is 12.1 Å². The number of carbonyl (C=O) groups excluding carboxylic acids is 1. The van der Waals surface area contributed by atoms with Gasteiger partial charge in [0.25, 0.3) is 0 Å². The first-order valence-electron chi connectivity index (χ1n) is 6.54. The van der Waals surface area contributed by atoms with Gasteiger partial charge in [0.15, 0.2) is 0 Å². The molecule has 0 radical (unpaired) electrons. The number of carbonyl (C=O) groups is 1. The van der Waals surface area contributed by atoms with E-state index >= 15 is 0 Å². The minimum absolute atomic E-state index is 0.232. The molecule has 2 atom stereocenters. The largest absolute Gasteiger partial charge is 0.389 e. The Balaban J connectivity index is 2.44. The van der Waals surface area contributed by atoms with Crippen LogP contribution in [-0.4, -0.2) is 23.6 Å². The number of primary amides is 1. The second-order valence-corrected chi connectivity index (χ2v) is 4.96. The fourth-order valence-electron chi connectivity index (χ4n) is 2.71. The highest BCUT2D eigenvalue weighted by atomic mass is 19.1. The van der Waals surface area contributed by atoms with Gasteiger partial charge in [-0.15, -0.1) is 0 Å². The van der Waals surface area contributed by atoms with E-state index in [1.807, 2.05) is 4.90 Å². The van der Waals surface area contributed by atoms with Gasteiger partial charge in [0.05, 0.1) is 6.10 Å². The summed E-state index contributed by atoms with van der Waals surface area (Å²) in [6.45, 7) is 2.17. The van der Waals surface area contributed by atoms with Crippen molar-refractivity contribution < 1.29 is 14.3 Å². The van der Waals surface area contributed by atoms with Gasteiger partial charge < -0.3 is 15.7 Å². The highest BCUT2D eigenvalue weighted by Gasteiger charge is 2.30. The van der Waals surface area contributed by atoms with Crippen molar-refractivity contribution in [1.29, 1.82) is 0 Å². The second kappa shape index (κ2) is 5.57. The van der Waals surface area contributed by atoms with E-state index in [-0.39, 0.29) is 5.56 Å². The molecule has 1 unspecified atom stereocenters. The van der Waals surface area contributed by atoms with E-state index in [0.717, 1.165) is 12.8 Å². The monoisotopic (exact) mass is 266 g/mol. The fraction of sp³-hybridized carbons (Fsp3) is 0.500. The zero-order valence-corrected chi connectivity index (χ0v) is 11.0. The Kier molecular flexibility index (Phi) is 4.04. The minimum atomic E-state index is -0.924. The number of amides is 1. The van der Waals surface area contributed by atoms with Crippen LogP contribution in [-0.2, 0) is 4.79 Å². The molecule has 1 saturated heterocycles. The summed E-state index contributed by atoms with van der Waals surface area (Å²) in [6.07, 6.45) is 1.61. The van der Waals surface area contributed by atoms with Crippen molar-refractivity contribution in [2.75, 3.05) is 11.4 Å². The molecule has 1 aromatic carbocycles. The van der Waals surface area contributed by atoms with Crippen LogP contribution in [0.4, 0.5) is 10.1 Å². The van der Waals surface area contributed by atoms with Gasteiger partial charge in [-0.05, 0) is 38.3 Å². The maximum atomic E-state index is 13.9. The molecule has 4 nitrogen and oxygen atoms in total. The molecule has 0 aliphatic carbocycles. The molecule has 1 aromatic rings. The molecule has 104 valence electrons. The predicted molar refractivity (Wildman–Crippen MR) is 71.2 cm³/mol. The topological polar surface area (TPSA) is 66.6 Å². The molecule has 19 heavy (non-hydrogen) atoms. The molecule has 0 saturated carbocycles. The van der Waals surface area contributed by atoms with Gasteiger partial charge in [-0.3, -0.25) is 4.79 Å². The summed E-state index contributed by atoms with van der Waals surface area (Å²) < 4.78 is 13.9. The number of aliphatic hydroxyl groups is 1. The van der Waals surface area contributed by atoms with Crippen LogP contribution in [0.25, 0.3) is 0 Å². The first-order valence-corrected chi connectivity index (χ1v) is 6.54. The van der Waals surface area contributed by atoms with Crippen molar-refractivity contribution in [3.63, 3.8) is 0 Å². The van der Waals surface area contributed by atoms with E-state index in [9.17, 15) is 14.3 Å². The molecule has 1 aliphatic heterocycles. The summed E-state index contributed by atoms with van der Waals surface area (Å²) in [5.41, 5.74) is 6.22. The summed E-state index contributed by atoms with van der Waals surface area (Å²) in [6, 6.07) is 4.21. The molecule has 3 N–H and O–H groups in total. The third kappa shape index (κ3) is 2.71. The molecular weight excluding hydrogens is 247 g/mol. The van der Waals surface area contributed by atoms with Crippen LogP contribution < -0.4 is 10.6 Å². The SMILES string of the molecule is C[C@@H](O)c1c(F)cccc1N1CCCCC1C(N)=O. The Bertz CT molecular complexity index is 477. The summed E-state index contributed by atoms with van der Waals surface area (Å²) in [5, 5.41) is 9.76. The van der Waals surface area contributed by atoms with Gasteiger partial charge in [0, 0.05) is 17.8 Å². The van der Waals surface area contributed by atoms with Crippen LogP contribution in [0.5, 0.6) is 0 Å². The third-order valence-electron chi connectivity index (χ3n) is 3.59. The molecule has 0 aromatic heterocycles. The van der Waals surface area contributed by atoms with E-state index in [2.05, 4.69) is 0 Å². The first-order chi connectivity index (χ1) is 9.02. The van der Waals surface area contributed by atoms with E-state index in [1.165, 1.54) is 13.0 Å².